The highest BCUT2D eigenvalue weighted by Gasteiger charge is 2.16. The van der Waals surface area contributed by atoms with Crippen molar-refractivity contribution in [3.8, 4) is 5.75 Å². The van der Waals surface area contributed by atoms with Crippen molar-refractivity contribution < 1.29 is 9.47 Å². The lowest BCUT2D eigenvalue weighted by Crippen LogP contribution is -2.12. The van der Waals surface area contributed by atoms with Crippen LogP contribution in [-0.2, 0) is 4.74 Å². The molecule has 2 N–H and O–H groups in total. The van der Waals surface area contributed by atoms with Gasteiger partial charge < -0.3 is 20.1 Å². The summed E-state index contributed by atoms with van der Waals surface area (Å²) in [5.74, 6) is 2.81. The molecule has 1 aliphatic rings. The molecule has 1 aromatic heterocycles. The number of nitrogens with zero attached hydrogens (tertiary/aromatic N) is 2. The van der Waals surface area contributed by atoms with E-state index in [-0.39, 0.29) is 0 Å². The molecule has 0 spiro atoms. The number of hydrogen-bond acceptors (Lipinski definition) is 6. The Morgan fingerprint density at radius 3 is 2.79 bits per heavy atom. The summed E-state index contributed by atoms with van der Waals surface area (Å²) in [7, 11) is 1.63. The van der Waals surface area contributed by atoms with Crippen LogP contribution in [0.5, 0.6) is 5.75 Å². The molecular formula is C13H22N4O2. The number of aromatic nitrogens is 2. The summed E-state index contributed by atoms with van der Waals surface area (Å²) in [5, 5.41) is 6.48. The first-order chi connectivity index (χ1) is 9.35. The summed E-state index contributed by atoms with van der Waals surface area (Å²) in [6, 6.07) is 0. The molecule has 1 aliphatic heterocycles. The van der Waals surface area contributed by atoms with Gasteiger partial charge in [-0.2, -0.15) is 0 Å². The quantitative estimate of drug-likeness (QED) is 0.783. The summed E-state index contributed by atoms with van der Waals surface area (Å²) in [5.41, 5.74) is 0. The molecular weight excluding hydrogens is 244 g/mol. The number of ether oxygens (including phenoxy) is 2. The van der Waals surface area contributed by atoms with Gasteiger partial charge in [0.2, 0.25) is 5.75 Å². The normalized spacial score (nSPS) is 18.3. The van der Waals surface area contributed by atoms with Crippen LogP contribution in [0.15, 0.2) is 6.33 Å². The predicted molar refractivity (Wildman–Crippen MR) is 74.8 cm³/mol. The standard InChI is InChI=1S/C13H22N4O2/c1-3-14-12-11(18-2)13(17-9-16-12)15-6-4-10-5-7-19-8-10/h9-10H,3-8H2,1-2H3,(H2,14,15,16,17). The van der Waals surface area contributed by atoms with Crippen LogP contribution in [0.1, 0.15) is 19.8 Å². The van der Waals surface area contributed by atoms with Crippen molar-refractivity contribution in [1.82, 2.24) is 9.97 Å². The molecule has 2 heterocycles. The van der Waals surface area contributed by atoms with Crippen LogP contribution in [0.2, 0.25) is 0 Å². The van der Waals surface area contributed by atoms with Crippen LogP contribution in [0.3, 0.4) is 0 Å². The second kappa shape index (κ2) is 7.13. The summed E-state index contributed by atoms with van der Waals surface area (Å²) in [6.07, 6.45) is 3.79. The Balaban J connectivity index is 1.92. The molecule has 106 valence electrons. The van der Waals surface area contributed by atoms with Gasteiger partial charge in [-0.25, -0.2) is 9.97 Å². The maximum Gasteiger partial charge on any atom is 0.204 e. The van der Waals surface area contributed by atoms with Gasteiger partial charge in [-0.05, 0) is 25.7 Å². The van der Waals surface area contributed by atoms with Gasteiger partial charge in [0.05, 0.1) is 7.11 Å². The summed E-state index contributed by atoms with van der Waals surface area (Å²) in [4.78, 5) is 8.42. The third-order valence-corrected chi connectivity index (χ3v) is 3.22. The molecule has 1 saturated heterocycles. The molecule has 2 rings (SSSR count). The molecule has 1 fully saturated rings. The Hall–Kier alpha value is -1.56. The second-order valence-corrected chi connectivity index (χ2v) is 4.58. The molecule has 19 heavy (non-hydrogen) atoms. The molecule has 6 nitrogen and oxygen atoms in total. The highest BCUT2D eigenvalue weighted by molar-refractivity contribution is 5.63. The lowest BCUT2D eigenvalue weighted by Gasteiger charge is -2.14. The summed E-state index contributed by atoms with van der Waals surface area (Å²) in [6.45, 7) is 5.46. The summed E-state index contributed by atoms with van der Waals surface area (Å²) >= 11 is 0. The lowest BCUT2D eigenvalue weighted by molar-refractivity contribution is 0.185. The minimum atomic E-state index is 0.661. The van der Waals surface area contributed by atoms with Crippen molar-refractivity contribution in [3.05, 3.63) is 6.33 Å². The average molecular weight is 266 g/mol. The van der Waals surface area contributed by atoms with E-state index in [0.717, 1.165) is 50.8 Å². The van der Waals surface area contributed by atoms with Gasteiger partial charge in [-0.3, -0.25) is 0 Å². The molecule has 0 amide bonds. The average Bonchev–Trinajstić information content (AvgIpc) is 2.93. The lowest BCUT2D eigenvalue weighted by atomic mass is 10.1. The van der Waals surface area contributed by atoms with Gasteiger partial charge in [0.25, 0.3) is 0 Å². The van der Waals surface area contributed by atoms with Crippen LogP contribution in [0.25, 0.3) is 0 Å². The number of methoxy groups -OCH3 is 1. The third-order valence-electron chi connectivity index (χ3n) is 3.22. The highest BCUT2D eigenvalue weighted by atomic mass is 16.5. The zero-order valence-corrected chi connectivity index (χ0v) is 11.6. The third kappa shape index (κ3) is 3.70. The molecule has 1 aromatic rings. The molecule has 0 radical (unpaired) electrons. The van der Waals surface area contributed by atoms with E-state index in [4.69, 9.17) is 9.47 Å². The van der Waals surface area contributed by atoms with E-state index in [9.17, 15) is 0 Å². The first kappa shape index (κ1) is 13.9. The van der Waals surface area contributed by atoms with Crippen LogP contribution in [-0.4, -0.2) is 43.4 Å². The molecule has 0 bridgehead atoms. The van der Waals surface area contributed by atoms with E-state index in [1.165, 1.54) is 0 Å². The van der Waals surface area contributed by atoms with Crippen LogP contribution in [0.4, 0.5) is 11.6 Å². The van der Waals surface area contributed by atoms with Crippen LogP contribution < -0.4 is 15.4 Å². The van der Waals surface area contributed by atoms with E-state index >= 15 is 0 Å². The Morgan fingerprint density at radius 1 is 1.37 bits per heavy atom. The highest BCUT2D eigenvalue weighted by Crippen LogP contribution is 2.29. The predicted octanol–water partition coefficient (Wildman–Crippen LogP) is 1.76. The van der Waals surface area contributed by atoms with Crippen molar-refractivity contribution in [2.75, 3.05) is 44.0 Å². The van der Waals surface area contributed by atoms with Crippen molar-refractivity contribution in [2.45, 2.75) is 19.8 Å². The largest absolute Gasteiger partial charge is 0.490 e. The number of rotatable bonds is 7. The SMILES string of the molecule is CCNc1ncnc(NCCC2CCOC2)c1OC. The molecule has 0 aromatic carbocycles. The van der Waals surface area contributed by atoms with Gasteiger partial charge in [0.1, 0.15) is 6.33 Å². The van der Waals surface area contributed by atoms with Gasteiger partial charge in [0.15, 0.2) is 11.6 Å². The second-order valence-electron chi connectivity index (χ2n) is 4.58. The zero-order valence-electron chi connectivity index (χ0n) is 11.6. The van der Waals surface area contributed by atoms with Gasteiger partial charge >= 0.3 is 0 Å². The van der Waals surface area contributed by atoms with E-state index in [0.29, 0.717) is 11.7 Å². The first-order valence-corrected chi connectivity index (χ1v) is 6.79. The fourth-order valence-electron chi connectivity index (χ4n) is 2.19. The fraction of sp³-hybridized carbons (Fsp3) is 0.692. The number of anilines is 2. The molecule has 0 aliphatic carbocycles. The van der Waals surface area contributed by atoms with Gasteiger partial charge in [0, 0.05) is 26.3 Å². The van der Waals surface area contributed by atoms with Crippen molar-refractivity contribution >= 4 is 11.6 Å². The molecule has 0 saturated carbocycles. The molecule has 1 atom stereocenters. The first-order valence-electron chi connectivity index (χ1n) is 6.79. The van der Waals surface area contributed by atoms with E-state index < -0.39 is 0 Å². The topological polar surface area (TPSA) is 68.3 Å². The monoisotopic (exact) mass is 266 g/mol. The Bertz CT molecular complexity index is 394. The van der Waals surface area contributed by atoms with E-state index in [1.807, 2.05) is 6.92 Å². The van der Waals surface area contributed by atoms with Crippen LogP contribution in [0, 0.1) is 5.92 Å². The zero-order chi connectivity index (χ0) is 13.5. The van der Waals surface area contributed by atoms with Gasteiger partial charge in [-0.15, -0.1) is 0 Å². The number of nitrogens with one attached hydrogen (secondary N) is 2. The maximum atomic E-state index is 5.38. The molecule has 6 heteroatoms. The maximum absolute atomic E-state index is 5.38. The Morgan fingerprint density at radius 2 is 2.16 bits per heavy atom. The number of hydrogen-bond donors (Lipinski definition) is 2. The van der Waals surface area contributed by atoms with Crippen molar-refractivity contribution in [1.29, 1.82) is 0 Å². The minimum Gasteiger partial charge on any atom is -0.490 e. The Labute approximate surface area is 113 Å². The van der Waals surface area contributed by atoms with Crippen molar-refractivity contribution in [3.63, 3.8) is 0 Å². The van der Waals surface area contributed by atoms with Crippen LogP contribution >= 0.6 is 0 Å². The van der Waals surface area contributed by atoms with E-state index in [2.05, 4.69) is 20.6 Å². The summed E-state index contributed by atoms with van der Waals surface area (Å²) < 4.78 is 10.7. The minimum absolute atomic E-state index is 0.661. The Kier molecular flexibility index (Phi) is 5.20. The fourth-order valence-corrected chi connectivity index (χ4v) is 2.19. The molecule has 1 unspecified atom stereocenters. The smallest absolute Gasteiger partial charge is 0.204 e. The van der Waals surface area contributed by atoms with Gasteiger partial charge in [-0.1, -0.05) is 0 Å². The van der Waals surface area contributed by atoms with Crippen molar-refractivity contribution in [2.24, 2.45) is 5.92 Å². The van der Waals surface area contributed by atoms with E-state index in [1.54, 1.807) is 13.4 Å².